The molecule has 0 aromatic heterocycles. The third-order valence-electron chi connectivity index (χ3n) is 3.58. The van der Waals surface area contributed by atoms with Crippen LogP contribution in [-0.4, -0.2) is 36.5 Å². The van der Waals surface area contributed by atoms with Gasteiger partial charge in [-0.25, -0.2) is 4.39 Å². The van der Waals surface area contributed by atoms with Crippen LogP contribution in [-0.2, 0) is 9.53 Å². The quantitative estimate of drug-likeness (QED) is 0.781. The molecule has 0 spiro atoms. The zero-order valence-electron chi connectivity index (χ0n) is 11.8. The Bertz CT molecular complexity index is 542. The Labute approximate surface area is 131 Å². The van der Waals surface area contributed by atoms with Gasteiger partial charge in [0.2, 0.25) is 0 Å². The first-order valence-corrected chi connectivity index (χ1v) is 7.73. The molecule has 0 unspecified atom stereocenters. The number of amides is 1. The van der Waals surface area contributed by atoms with Crippen LogP contribution >= 0.6 is 15.9 Å². The number of rotatable bonds is 3. The highest BCUT2D eigenvalue weighted by molar-refractivity contribution is 9.10. The molecule has 1 heterocycles. The number of nitrogens with zero attached hydrogens (tertiary/aromatic N) is 1. The lowest BCUT2D eigenvalue weighted by Gasteiger charge is -2.31. The Morgan fingerprint density at radius 1 is 1.38 bits per heavy atom. The first-order valence-electron chi connectivity index (χ1n) is 6.94. The van der Waals surface area contributed by atoms with Crippen molar-refractivity contribution in [2.24, 2.45) is 5.92 Å². The molecule has 0 radical (unpaired) electrons. The summed E-state index contributed by atoms with van der Waals surface area (Å²) in [5.74, 6) is -1.02. The zero-order chi connectivity index (χ0) is 15.4. The van der Waals surface area contributed by atoms with Gasteiger partial charge < -0.3 is 9.64 Å². The lowest BCUT2D eigenvalue weighted by atomic mass is 9.96. The Hall–Kier alpha value is -1.43. The van der Waals surface area contributed by atoms with Crippen molar-refractivity contribution < 1.29 is 18.7 Å². The second-order valence-corrected chi connectivity index (χ2v) is 5.71. The molecule has 1 aliphatic heterocycles. The molecule has 1 saturated heterocycles. The molecular formula is C15H17BrFNO3. The van der Waals surface area contributed by atoms with E-state index in [-0.39, 0.29) is 22.3 Å². The van der Waals surface area contributed by atoms with Gasteiger partial charge in [-0.1, -0.05) is 6.07 Å². The van der Waals surface area contributed by atoms with E-state index in [2.05, 4.69) is 15.9 Å². The van der Waals surface area contributed by atoms with Gasteiger partial charge in [-0.15, -0.1) is 0 Å². The summed E-state index contributed by atoms with van der Waals surface area (Å²) in [5.41, 5.74) is 0.310. The summed E-state index contributed by atoms with van der Waals surface area (Å²) >= 11 is 3.11. The van der Waals surface area contributed by atoms with Crippen molar-refractivity contribution in [3.8, 4) is 0 Å². The minimum atomic E-state index is -0.456. The summed E-state index contributed by atoms with van der Waals surface area (Å²) < 4.78 is 18.7. The number of piperidine rings is 1. The molecule has 0 bridgehead atoms. The van der Waals surface area contributed by atoms with E-state index in [0.29, 0.717) is 38.1 Å². The molecule has 0 atom stereocenters. The molecule has 0 saturated carbocycles. The van der Waals surface area contributed by atoms with Gasteiger partial charge in [0.25, 0.3) is 5.91 Å². The molecule has 0 aliphatic carbocycles. The van der Waals surface area contributed by atoms with E-state index in [1.54, 1.807) is 17.9 Å². The summed E-state index contributed by atoms with van der Waals surface area (Å²) in [6.45, 7) is 3.10. The number of benzene rings is 1. The average Bonchev–Trinajstić information content (AvgIpc) is 2.50. The maximum Gasteiger partial charge on any atom is 0.309 e. The van der Waals surface area contributed by atoms with Gasteiger partial charge in [-0.3, -0.25) is 9.59 Å². The fraction of sp³-hybridized carbons (Fsp3) is 0.467. The maximum absolute atomic E-state index is 13.5. The van der Waals surface area contributed by atoms with Crippen LogP contribution in [0.4, 0.5) is 4.39 Å². The van der Waals surface area contributed by atoms with Crippen molar-refractivity contribution in [3.63, 3.8) is 0 Å². The molecule has 4 nitrogen and oxygen atoms in total. The van der Waals surface area contributed by atoms with Crippen molar-refractivity contribution in [2.75, 3.05) is 19.7 Å². The predicted octanol–water partition coefficient (Wildman–Crippen LogP) is 3.00. The highest BCUT2D eigenvalue weighted by Gasteiger charge is 2.29. The molecule has 0 N–H and O–H groups in total. The zero-order valence-corrected chi connectivity index (χ0v) is 13.4. The summed E-state index contributed by atoms with van der Waals surface area (Å²) in [6, 6.07) is 4.40. The summed E-state index contributed by atoms with van der Waals surface area (Å²) in [7, 11) is 0. The third kappa shape index (κ3) is 3.61. The molecule has 114 valence electrons. The summed E-state index contributed by atoms with van der Waals surface area (Å²) in [5, 5.41) is 0. The fourth-order valence-electron chi connectivity index (χ4n) is 2.42. The number of hydrogen-bond acceptors (Lipinski definition) is 3. The number of halogens is 2. The number of ether oxygens (including phenoxy) is 1. The Balaban J connectivity index is 2.00. The lowest BCUT2D eigenvalue weighted by molar-refractivity contribution is -0.149. The van der Waals surface area contributed by atoms with Gasteiger partial charge >= 0.3 is 5.97 Å². The van der Waals surface area contributed by atoms with Crippen LogP contribution in [0.15, 0.2) is 22.7 Å². The van der Waals surface area contributed by atoms with Crippen molar-refractivity contribution >= 4 is 27.8 Å². The summed E-state index contributed by atoms with van der Waals surface area (Å²) in [6.07, 6.45) is 1.16. The number of hydrogen-bond donors (Lipinski definition) is 0. The molecule has 6 heteroatoms. The number of carbonyl (C=O) groups is 2. The third-order valence-corrected chi connectivity index (χ3v) is 4.39. The minimum Gasteiger partial charge on any atom is -0.466 e. The van der Waals surface area contributed by atoms with E-state index in [1.165, 1.54) is 12.1 Å². The van der Waals surface area contributed by atoms with E-state index >= 15 is 0 Å². The normalized spacial score (nSPS) is 15.9. The standard InChI is InChI=1S/C15H17BrFNO3/c1-2-21-15(20)10-6-8-18(9-7-10)14(19)11-4-3-5-12(17)13(11)16/h3-5,10H,2,6-9H2,1H3. The van der Waals surface area contributed by atoms with Crippen molar-refractivity contribution in [2.45, 2.75) is 19.8 Å². The van der Waals surface area contributed by atoms with Gasteiger partial charge in [-0.2, -0.15) is 0 Å². The predicted molar refractivity (Wildman–Crippen MR) is 79.4 cm³/mol. The number of esters is 1. The highest BCUT2D eigenvalue weighted by atomic mass is 79.9. The van der Waals surface area contributed by atoms with Crippen LogP contribution in [0.5, 0.6) is 0 Å². The van der Waals surface area contributed by atoms with Crippen LogP contribution in [0.3, 0.4) is 0 Å². The van der Waals surface area contributed by atoms with Gasteiger partial charge in [0.1, 0.15) is 5.82 Å². The Morgan fingerprint density at radius 2 is 2.05 bits per heavy atom. The van der Waals surface area contributed by atoms with Crippen LogP contribution in [0, 0.1) is 11.7 Å². The lowest BCUT2D eigenvalue weighted by Crippen LogP contribution is -2.40. The molecule has 1 amide bonds. The van der Waals surface area contributed by atoms with E-state index in [4.69, 9.17) is 4.74 Å². The highest BCUT2D eigenvalue weighted by Crippen LogP contribution is 2.25. The minimum absolute atomic E-state index is 0.148. The van der Waals surface area contributed by atoms with Gasteiger partial charge in [0.05, 0.1) is 22.6 Å². The summed E-state index contributed by atoms with van der Waals surface area (Å²) in [4.78, 5) is 25.7. The van der Waals surface area contributed by atoms with Crippen LogP contribution in [0.1, 0.15) is 30.1 Å². The number of carbonyl (C=O) groups excluding carboxylic acids is 2. The average molecular weight is 358 g/mol. The van der Waals surface area contributed by atoms with E-state index < -0.39 is 5.82 Å². The van der Waals surface area contributed by atoms with Gasteiger partial charge in [0.15, 0.2) is 0 Å². The SMILES string of the molecule is CCOC(=O)C1CCN(C(=O)c2cccc(F)c2Br)CC1. The molecular weight excluding hydrogens is 341 g/mol. The van der Waals surface area contributed by atoms with Crippen molar-refractivity contribution in [3.05, 3.63) is 34.1 Å². The van der Waals surface area contributed by atoms with Crippen molar-refractivity contribution in [1.82, 2.24) is 4.90 Å². The first kappa shape index (κ1) is 15.9. The number of likely N-dealkylation sites (tertiary alicyclic amines) is 1. The monoisotopic (exact) mass is 357 g/mol. The van der Waals surface area contributed by atoms with E-state index in [1.807, 2.05) is 0 Å². The smallest absolute Gasteiger partial charge is 0.309 e. The van der Waals surface area contributed by atoms with Crippen molar-refractivity contribution in [1.29, 1.82) is 0 Å². The molecule has 2 rings (SSSR count). The first-order chi connectivity index (χ1) is 10.0. The van der Waals surface area contributed by atoms with Gasteiger partial charge in [-0.05, 0) is 47.8 Å². The van der Waals surface area contributed by atoms with E-state index in [9.17, 15) is 14.0 Å². The van der Waals surface area contributed by atoms with Gasteiger partial charge in [0, 0.05) is 13.1 Å². The second kappa shape index (κ2) is 7.02. The molecule has 1 fully saturated rings. The van der Waals surface area contributed by atoms with Crippen LogP contribution in [0.25, 0.3) is 0 Å². The second-order valence-electron chi connectivity index (χ2n) is 4.92. The molecule has 1 aromatic rings. The molecule has 1 aliphatic rings. The fourth-order valence-corrected chi connectivity index (χ4v) is 2.85. The Morgan fingerprint density at radius 3 is 2.67 bits per heavy atom. The molecule has 21 heavy (non-hydrogen) atoms. The molecule has 1 aromatic carbocycles. The largest absolute Gasteiger partial charge is 0.466 e. The topological polar surface area (TPSA) is 46.6 Å². The Kier molecular flexibility index (Phi) is 5.33. The van der Waals surface area contributed by atoms with E-state index in [0.717, 1.165) is 0 Å². The van der Waals surface area contributed by atoms with Crippen LogP contribution < -0.4 is 0 Å². The maximum atomic E-state index is 13.5. The van der Waals surface area contributed by atoms with Crippen LogP contribution in [0.2, 0.25) is 0 Å².